The molecule has 23 heavy (non-hydrogen) atoms. The second kappa shape index (κ2) is 6.39. The summed E-state index contributed by atoms with van der Waals surface area (Å²) < 4.78 is 1.89. The van der Waals surface area contributed by atoms with Gasteiger partial charge < -0.3 is 9.88 Å². The minimum absolute atomic E-state index is 0.240. The van der Waals surface area contributed by atoms with Crippen molar-refractivity contribution in [2.75, 3.05) is 0 Å². The molecule has 0 saturated carbocycles. The van der Waals surface area contributed by atoms with E-state index in [0.717, 1.165) is 17.9 Å². The van der Waals surface area contributed by atoms with E-state index >= 15 is 0 Å². The molecular formula is C15H17N7O. The lowest BCUT2D eigenvalue weighted by Crippen LogP contribution is -2.29. The van der Waals surface area contributed by atoms with Crippen molar-refractivity contribution < 1.29 is 4.79 Å². The number of carbonyl (C=O) groups is 1. The van der Waals surface area contributed by atoms with E-state index in [9.17, 15) is 4.79 Å². The van der Waals surface area contributed by atoms with Gasteiger partial charge in [0.1, 0.15) is 12.0 Å². The van der Waals surface area contributed by atoms with Crippen molar-refractivity contribution >= 4 is 5.91 Å². The Hall–Kier alpha value is -3.03. The van der Waals surface area contributed by atoms with Gasteiger partial charge in [0.2, 0.25) is 0 Å². The number of rotatable bonds is 5. The van der Waals surface area contributed by atoms with E-state index < -0.39 is 0 Å². The molecule has 2 N–H and O–H groups in total. The highest BCUT2D eigenvalue weighted by molar-refractivity contribution is 5.93. The van der Waals surface area contributed by atoms with Crippen molar-refractivity contribution in [3.8, 4) is 11.3 Å². The molecule has 0 aliphatic rings. The maximum Gasteiger partial charge on any atom is 0.269 e. The van der Waals surface area contributed by atoms with Gasteiger partial charge in [0, 0.05) is 24.5 Å². The molecule has 0 spiro atoms. The Morgan fingerprint density at radius 1 is 1.39 bits per heavy atom. The molecule has 1 atom stereocenters. The minimum atomic E-state index is -0.252. The number of H-pyrrole nitrogens is 1. The average molecular weight is 311 g/mol. The first-order chi connectivity index (χ1) is 11.2. The smallest absolute Gasteiger partial charge is 0.269 e. The molecule has 8 heteroatoms. The Morgan fingerprint density at radius 2 is 2.17 bits per heavy atom. The van der Waals surface area contributed by atoms with Crippen LogP contribution in [0.15, 0.2) is 36.9 Å². The number of aromatic nitrogens is 6. The maximum atomic E-state index is 12.3. The number of hydrogen-bond donors (Lipinski definition) is 2. The molecule has 0 fully saturated rings. The predicted molar refractivity (Wildman–Crippen MR) is 83.4 cm³/mol. The number of amides is 1. The van der Waals surface area contributed by atoms with Gasteiger partial charge in [0.05, 0.1) is 11.7 Å². The number of carbonyl (C=O) groups excluding carboxylic acids is 1. The largest absolute Gasteiger partial charge is 0.341 e. The third-order valence-corrected chi connectivity index (χ3v) is 3.52. The molecule has 3 aromatic heterocycles. The Bertz CT molecular complexity index is 793. The lowest BCUT2D eigenvalue weighted by molar-refractivity contribution is 0.0932. The lowest BCUT2D eigenvalue weighted by atomic mass is 10.2. The summed E-state index contributed by atoms with van der Waals surface area (Å²) in [5.74, 6) is 0.477. The van der Waals surface area contributed by atoms with Crippen molar-refractivity contribution in [2.24, 2.45) is 0 Å². The van der Waals surface area contributed by atoms with Crippen LogP contribution in [0.3, 0.4) is 0 Å². The van der Waals surface area contributed by atoms with Crippen molar-refractivity contribution in [3.63, 3.8) is 0 Å². The number of pyridine rings is 1. The zero-order valence-electron chi connectivity index (χ0n) is 12.9. The maximum absolute atomic E-state index is 12.3. The zero-order chi connectivity index (χ0) is 16.2. The highest BCUT2D eigenvalue weighted by Crippen LogP contribution is 2.17. The Labute approximate surface area is 133 Å². The van der Waals surface area contributed by atoms with Crippen molar-refractivity contribution in [1.82, 2.24) is 35.3 Å². The van der Waals surface area contributed by atoms with Crippen LogP contribution >= 0.6 is 0 Å². The normalized spacial score (nSPS) is 12.1. The van der Waals surface area contributed by atoms with E-state index in [4.69, 9.17) is 0 Å². The van der Waals surface area contributed by atoms with E-state index in [2.05, 4.69) is 30.7 Å². The number of nitrogens with zero attached hydrogens (tertiary/aromatic N) is 5. The molecular weight excluding hydrogens is 294 g/mol. The van der Waals surface area contributed by atoms with E-state index in [1.807, 2.05) is 30.5 Å². The molecule has 0 aliphatic carbocycles. The van der Waals surface area contributed by atoms with E-state index in [-0.39, 0.29) is 11.9 Å². The monoisotopic (exact) mass is 311 g/mol. The molecule has 0 unspecified atom stereocenters. The van der Waals surface area contributed by atoms with Gasteiger partial charge in [-0.3, -0.25) is 14.9 Å². The number of aromatic amines is 1. The van der Waals surface area contributed by atoms with E-state index in [0.29, 0.717) is 11.4 Å². The van der Waals surface area contributed by atoms with Crippen LogP contribution in [0.5, 0.6) is 0 Å². The quantitative estimate of drug-likeness (QED) is 0.745. The number of nitrogens with one attached hydrogen (secondary N) is 2. The first-order valence-electron chi connectivity index (χ1n) is 7.33. The van der Waals surface area contributed by atoms with Crippen LogP contribution in [-0.2, 0) is 6.54 Å². The van der Waals surface area contributed by atoms with Crippen LogP contribution in [0.1, 0.15) is 36.2 Å². The second-order valence-electron chi connectivity index (χ2n) is 5.07. The number of aryl methyl sites for hydroxylation is 1. The topological polar surface area (TPSA) is 101 Å². The minimum Gasteiger partial charge on any atom is -0.341 e. The zero-order valence-corrected chi connectivity index (χ0v) is 12.9. The van der Waals surface area contributed by atoms with E-state index in [1.54, 1.807) is 24.8 Å². The standard InChI is InChI=1S/C15H17N7O/c1-3-22-9-17-21-14(22)10(2)18-15(23)13-8-12(19-20-13)11-4-6-16-7-5-11/h4-10H,3H2,1-2H3,(H,18,23)(H,19,20)/t10-/m0/s1. The van der Waals surface area contributed by atoms with Crippen LogP contribution < -0.4 is 5.32 Å². The van der Waals surface area contributed by atoms with Gasteiger partial charge in [-0.05, 0) is 32.0 Å². The number of hydrogen-bond acceptors (Lipinski definition) is 5. The van der Waals surface area contributed by atoms with Crippen LogP contribution in [0.2, 0.25) is 0 Å². The van der Waals surface area contributed by atoms with Crippen molar-refractivity contribution in [3.05, 3.63) is 48.4 Å². The highest BCUT2D eigenvalue weighted by atomic mass is 16.2. The van der Waals surface area contributed by atoms with Gasteiger partial charge in [-0.15, -0.1) is 10.2 Å². The summed E-state index contributed by atoms with van der Waals surface area (Å²) in [6, 6.07) is 5.13. The fraction of sp³-hybridized carbons (Fsp3) is 0.267. The molecule has 0 bridgehead atoms. The van der Waals surface area contributed by atoms with Crippen molar-refractivity contribution in [2.45, 2.75) is 26.4 Å². The Kier molecular flexibility index (Phi) is 4.13. The second-order valence-corrected chi connectivity index (χ2v) is 5.07. The summed E-state index contributed by atoms with van der Waals surface area (Å²) in [5, 5.41) is 17.7. The Morgan fingerprint density at radius 3 is 2.91 bits per heavy atom. The van der Waals surface area contributed by atoms with Crippen LogP contribution in [0.25, 0.3) is 11.3 Å². The van der Waals surface area contributed by atoms with Gasteiger partial charge in [-0.1, -0.05) is 0 Å². The van der Waals surface area contributed by atoms with Crippen molar-refractivity contribution in [1.29, 1.82) is 0 Å². The third kappa shape index (κ3) is 3.10. The molecule has 3 rings (SSSR count). The summed E-state index contributed by atoms with van der Waals surface area (Å²) in [7, 11) is 0. The summed E-state index contributed by atoms with van der Waals surface area (Å²) >= 11 is 0. The van der Waals surface area contributed by atoms with Crippen LogP contribution in [0.4, 0.5) is 0 Å². The SMILES string of the molecule is CCn1cnnc1[C@H](C)NC(=O)c1cc(-c2ccncc2)n[nH]1. The molecule has 3 heterocycles. The van der Waals surface area contributed by atoms with Gasteiger partial charge in [0.25, 0.3) is 5.91 Å². The first kappa shape index (κ1) is 14.9. The molecule has 8 nitrogen and oxygen atoms in total. The summed E-state index contributed by atoms with van der Waals surface area (Å²) in [5.41, 5.74) is 1.99. The van der Waals surface area contributed by atoms with Gasteiger partial charge >= 0.3 is 0 Å². The summed E-state index contributed by atoms with van der Waals surface area (Å²) in [6.07, 6.45) is 5.02. The molecule has 0 saturated heterocycles. The molecule has 1 amide bonds. The van der Waals surface area contributed by atoms with Gasteiger partial charge in [-0.25, -0.2) is 0 Å². The van der Waals surface area contributed by atoms with Gasteiger partial charge in [0.15, 0.2) is 5.82 Å². The average Bonchev–Trinajstić information content (AvgIpc) is 3.24. The van der Waals surface area contributed by atoms with Crippen LogP contribution in [-0.4, -0.2) is 35.9 Å². The molecule has 118 valence electrons. The molecule has 0 aromatic carbocycles. The fourth-order valence-corrected chi connectivity index (χ4v) is 2.29. The van der Waals surface area contributed by atoms with Crippen LogP contribution in [0, 0.1) is 0 Å². The first-order valence-corrected chi connectivity index (χ1v) is 7.33. The molecule has 0 aliphatic heterocycles. The third-order valence-electron chi connectivity index (χ3n) is 3.52. The molecule has 3 aromatic rings. The summed E-state index contributed by atoms with van der Waals surface area (Å²) in [4.78, 5) is 16.3. The lowest BCUT2D eigenvalue weighted by Gasteiger charge is -2.13. The van der Waals surface area contributed by atoms with Gasteiger partial charge in [-0.2, -0.15) is 5.10 Å². The van der Waals surface area contributed by atoms with E-state index in [1.165, 1.54) is 0 Å². The Balaban J connectivity index is 1.73. The predicted octanol–water partition coefficient (Wildman–Crippen LogP) is 1.57. The molecule has 0 radical (unpaired) electrons. The fourth-order valence-electron chi connectivity index (χ4n) is 2.29. The summed E-state index contributed by atoms with van der Waals surface area (Å²) in [6.45, 7) is 4.62. The highest BCUT2D eigenvalue weighted by Gasteiger charge is 2.18.